The molecular formula is C23H21N3O4. The first kappa shape index (κ1) is 19.4. The predicted molar refractivity (Wildman–Crippen MR) is 114 cm³/mol. The first-order valence-corrected chi connectivity index (χ1v) is 9.49. The highest BCUT2D eigenvalue weighted by Crippen LogP contribution is 2.34. The highest BCUT2D eigenvalue weighted by molar-refractivity contribution is 6.09. The number of methoxy groups -OCH3 is 2. The monoisotopic (exact) mass is 403 g/mol. The van der Waals surface area contributed by atoms with Gasteiger partial charge in [-0.1, -0.05) is 12.1 Å². The number of amides is 2. The molecule has 0 fully saturated rings. The number of para-hydroxylation sites is 1. The van der Waals surface area contributed by atoms with E-state index in [-0.39, 0.29) is 11.8 Å². The SMILES string of the molecule is COc1cccc(C(=O)Nc2ccc3c(c2)N(C(=O)c2ccncc2)CC3)c1OC. The predicted octanol–water partition coefficient (Wildman–Crippen LogP) is 3.55. The van der Waals surface area contributed by atoms with E-state index in [0.717, 1.165) is 17.7 Å². The van der Waals surface area contributed by atoms with Gasteiger partial charge in [-0.15, -0.1) is 0 Å². The van der Waals surface area contributed by atoms with E-state index < -0.39 is 0 Å². The van der Waals surface area contributed by atoms with Crippen molar-refractivity contribution in [3.8, 4) is 11.5 Å². The van der Waals surface area contributed by atoms with Gasteiger partial charge in [0, 0.05) is 35.9 Å². The highest BCUT2D eigenvalue weighted by Gasteiger charge is 2.26. The van der Waals surface area contributed by atoms with E-state index in [9.17, 15) is 9.59 Å². The highest BCUT2D eigenvalue weighted by atomic mass is 16.5. The number of aromatic nitrogens is 1. The number of carbonyl (C=O) groups is 2. The molecule has 2 amide bonds. The molecule has 2 heterocycles. The van der Waals surface area contributed by atoms with E-state index in [1.807, 2.05) is 18.2 Å². The molecule has 0 aliphatic carbocycles. The number of benzene rings is 2. The maximum Gasteiger partial charge on any atom is 0.259 e. The lowest BCUT2D eigenvalue weighted by atomic mass is 10.1. The molecule has 1 N–H and O–H groups in total. The fourth-order valence-corrected chi connectivity index (χ4v) is 3.58. The van der Waals surface area contributed by atoms with Crippen LogP contribution >= 0.6 is 0 Å². The molecule has 1 aromatic heterocycles. The summed E-state index contributed by atoms with van der Waals surface area (Å²) in [6, 6.07) is 14.1. The molecule has 1 aliphatic rings. The third kappa shape index (κ3) is 3.57. The van der Waals surface area contributed by atoms with Crippen LogP contribution in [0.3, 0.4) is 0 Å². The average Bonchev–Trinajstić information content (AvgIpc) is 3.21. The summed E-state index contributed by atoms with van der Waals surface area (Å²) in [5, 5.41) is 2.89. The van der Waals surface area contributed by atoms with Gasteiger partial charge in [0.1, 0.15) is 0 Å². The zero-order valence-electron chi connectivity index (χ0n) is 16.7. The Morgan fingerprint density at radius 1 is 1.03 bits per heavy atom. The summed E-state index contributed by atoms with van der Waals surface area (Å²) in [6.45, 7) is 0.595. The zero-order valence-corrected chi connectivity index (χ0v) is 16.7. The molecule has 1 aliphatic heterocycles. The maximum absolute atomic E-state index is 12.9. The van der Waals surface area contributed by atoms with E-state index in [1.54, 1.807) is 47.6 Å². The number of nitrogens with zero attached hydrogens (tertiary/aromatic N) is 2. The number of carbonyl (C=O) groups excluding carboxylic acids is 2. The van der Waals surface area contributed by atoms with Gasteiger partial charge in [-0.3, -0.25) is 14.6 Å². The third-order valence-electron chi connectivity index (χ3n) is 5.06. The van der Waals surface area contributed by atoms with Gasteiger partial charge in [-0.25, -0.2) is 0 Å². The number of nitrogens with one attached hydrogen (secondary N) is 1. The van der Waals surface area contributed by atoms with Crippen LogP contribution in [0.1, 0.15) is 26.3 Å². The van der Waals surface area contributed by atoms with Crippen LogP contribution in [0.25, 0.3) is 0 Å². The second-order valence-corrected chi connectivity index (χ2v) is 6.78. The minimum Gasteiger partial charge on any atom is -0.493 e. The third-order valence-corrected chi connectivity index (χ3v) is 5.06. The molecule has 2 aromatic carbocycles. The van der Waals surface area contributed by atoms with Crippen molar-refractivity contribution in [2.45, 2.75) is 6.42 Å². The second-order valence-electron chi connectivity index (χ2n) is 6.78. The quantitative estimate of drug-likeness (QED) is 0.705. The van der Waals surface area contributed by atoms with Gasteiger partial charge in [-0.05, 0) is 48.4 Å². The van der Waals surface area contributed by atoms with E-state index in [1.165, 1.54) is 14.2 Å². The fourth-order valence-electron chi connectivity index (χ4n) is 3.58. The van der Waals surface area contributed by atoms with Crippen LogP contribution in [0, 0.1) is 0 Å². The number of hydrogen-bond acceptors (Lipinski definition) is 5. The summed E-state index contributed by atoms with van der Waals surface area (Å²) < 4.78 is 10.6. The Morgan fingerprint density at radius 2 is 1.83 bits per heavy atom. The van der Waals surface area contributed by atoms with Crippen molar-refractivity contribution in [2.24, 2.45) is 0 Å². The van der Waals surface area contributed by atoms with Crippen molar-refractivity contribution in [1.29, 1.82) is 0 Å². The van der Waals surface area contributed by atoms with Crippen LogP contribution in [0.5, 0.6) is 11.5 Å². The van der Waals surface area contributed by atoms with Crippen LogP contribution in [0.15, 0.2) is 60.9 Å². The molecule has 3 aromatic rings. The van der Waals surface area contributed by atoms with Gasteiger partial charge in [0.2, 0.25) is 0 Å². The molecule has 0 radical (unpaired) electrons. The standard InChI is InChI=1S/C23H21N3O4/c1-29-20-5-3-4-18(21(20)30-2)22(27)25-17-7-6-15-10-13-26(19(15)14-17)23(28)16-8-11-24-12-9-16/h3-9,11-12,14H,10,13H2,1-2H3,(H,25,27). The maximum atomic E-state index is 12.9. The molecule has 30 heavy (non-hydrogen) atoms. The molecule has 0 saturated heterocycles. The van der Waals surface area contributed by atoms with Crippen LogP contribution in [-0.2, 0) is 6.42 Å². The van der Waals surface area contributed by atoms with E-state index in [2.05, 4.69) is 10.3 Å². The summed E-state index contributed by atoms with van der Waals surface area (Å²) in [4.78, 5) is 31.5. The molecule has 0 bridgehead atoms. The van der Waals surface area contributed by atoms with Crippen LogP contribution in [0.2, 0.25) is 0 Å². The van der Waals surface area contributed by atoms with Crippen molar-refractivity contribution in [2.75, 3.05) is 31.0 Å². The first-order chi connectivity index (χ1) is 14.6. The Labute approximate surface area is 174 Å². The first-order valence-electron chi connectivity index (χ1n) is 9.49. The van der Waals surface area contributed by atoms with Gasteiger partial charge >= 0.3 is 0 Å². The van der Waals surface area contributed by atoms with Crippen molar-refractivity contribution < 1.29 is 19.1 Å². The minimum atomic E-state index is -0.323. The Balaban J connectivity index is 1.60. The van der Waals surface area contributed by atoms with Gasteiger partial charge in [0.25, 0.3) is 11.8 Å². The van der Waals surface area contributed by atoms with E-state index >= 15 is 0 Å². The molecular weight excluding hydrogens is 382 g/mol. The lowest BCUT2D eigenvalue weighted by Gasteiger charge is -2.18. The molecule has 7 heteroatoms. The Morgan fingerprint density at radius 3 is 2.57 bits per heavy atom. The molecule has 7 nitrogen and oxygen atoms in total. The minimum absolute atomic E-state index is 0.0888. The van der Waals surface area contributed by atoms with E-state index in [0.29, 0.717) is 34.9 Å². The smallest absolute Gasteiger partial charge is 0.259 e. The fraction of sp³-hybridized carbons (Fsp3) is 0.174. The van der Waals surface area contributed by atoms with Crippen LogP contribution in [0.4, 0.5) is 11.4 Å². The number of pyridine rings is 1. The summed E-state index contributed by atoms with van der Waals surface area (Å²) in [7, 11) is 3.01. The average molecular weight is 403 g/mol. The van der Waals surface area contributed by atoms with Crippen molar-refractivity contribution in [3.05, 3.63) is 77.6 Å². The number of rotatable bonds is 5. The normalized spacial score (nSPS) is 12.3. The lowest BCUT2D eigenvalue weighted by Crippen LogP contribution is -2.28. The second kappa shape index (κ2) is 8.24. The molecule has 152 valence electrons. The summed E-state index contributed by atoms with van der Waals surface area (Å²) >= 11 is 0. The number of ether oxygens (including phenoxy) is 2. The lowest BCUT2D eigenvalue weighted by molar-refractivity contribution is 0.0987. The van der Waals surface area contributed by atoms with Gasteiger partial charge < -0.3 is 19.7 Å². The molecule has 0 spiro atoms. The van der Waals surface area contributed by atoms with Gasteiger partial charge in [0.15, 0.2) is 11.5 Å². The largest absolute Gasteiger partial charge is 0.493 e. The van der Waals surface area contributed by atoms with Crippen LogP contribution in [-0.4, -0.2) is 37.6 Å². The number of hydrogen-bond donors (Lipinski definition) is 1. The summed E-state index contributed by atoms with van der Waals surface area (Å²) in [5.41, 5.74) is 3.40. The molecule has 4 rings (SSSR count). The molecule has 0 unspecified atom stereocenters. The van der Waals surface area contributed by atoms with Crippen LogP contribution < -0.4 is 19.7 Å². The van der Waals surface area contributed by atoms with Crippen molar-refractivity contribution in [3.63, 3.8) is 0 Å². The Bertz CT molecular complexity index is 1100. The number of fused-ring (bicyclic) bond motifs is 1. The van der Waals surface area contributed by atoms with Crippen molar-refractivity contribution >= 4 is 23.2 Å². The zero-order chi connectivity index (χ0) is 21.1. The Hall–Kier alpha value is -3.87. The summed E-state index contributed by atoms with van der Waals surface area (Å²) in [5.74, 6) is 0.436. The number of anilines is 2. The van der Waals surface area contributed by atoms with Gasteiger partial charge in [0.05, 0.1) is 19.8 Å². The summed E-state index contributed by atoms with van der Waals surface area (Å²) in [6.07, 6.45) is 3.97. The topological polar surface area (TPSA) is 80.8 Å². The Kier molecular flexibility index (Phi) is 5.34. The van der Waals surface area contributed by atoms with E-state index in [4.69, 9.17) is 9.47 Å². The van der Waals surface area contributed by atoms with Gasteiger partial charge in [-0.2, -0.15) is 0 Å². The van der Waals surface area contributed by atoms with Crippen molar-refractivity contribution in [1.82, 2.24) is 4.98 Å². The molecule has 0 atom stereocenters. The molecule has 0 saturated carbocycles.